The molecule has 2 rings (SSSR count). The van der Waals surface area contributed by atoms with Gasteiger partial charge in [0.2, 0.25) is 0 Å². The lowest BCUT2D eigenvalue weighted by Gasteiger charge is -2.14. The number of thioether (sulfide) groups is 1. The van der Waals surface area contributed by atoms with Crippen LogP contribution in [0.25, 0.3) is 0 Å². The zero-order valence-corrected chi connectivity index (χ0v) is 11.6. The highest BCUT2D eigenvalue weighted by molar-refractivity contribution is 8.00. The number of hydrogen-bond acceptors (Lipinski definition) is 3. The van der Waals surface area contributed by atoms with Gasteiger partial charge in [0.05, 0.1) is 0 Å². The minimum atomic E-state index is -4.52. The molecule has 1 aromatic rings. The Morgan fingerprint density at radius 3 is 2.70 bits per heavy atom. The van der Waals surface area contributed by atoms with Gasteiger partial charge in [0.25, 0.3) is 0 Å². The molecule has 2 amide bonds. The van der Waals surface area contributed by atoms with Crippen molar-refractivity contribution < 1.29 is 18.0 Å². The molecule has 0 atom stereocenters. The second-order valence-electron chi connectivity index (χ2n) is 4.60. The maximum absolute atomic E-state index is 12.5. The molecule has 20 heavy (non-hydrogen) atoms. The highest BCUT2D eigenvalue weighted by Crippen LogP contribution is 2.46. The Kier molecular flexibility index (Phi) is 4.12. The number of aromatic nitrogens is 1. The molecule has 1 heterocycles. The summed E-state index contributed by atoms with van der Waals surface area (Å²) in [7, 11) is 0. The summed E-state index contributed by atoms with van der Waals surface area (Å²) in [6.07, 6.45) is -0.474. The van der Waals surface area contributed by atoms with E-state index in [0.29, 0.717) is 6.54 Å². The number of carbonyl (C=O) groups excluding carboxylic acids is 1. The van der Waals surface area contributed by atoms with E-state index >= 15 is 0 Å². The molecule has 110 valence electrons. The van der Waals surface area contributed by atoms with Crippen molar-refractivity contribution in [2.45, 2.75) is 23.8 Å². The van der Waals surface area contributed by atoms with E-state index in [1.165, 1.54) is 12.1 Å². The Balaban J connectivity index is 1.91. The third-order valence-corrected chi connectivity index (χ3v) is 4.51. The van der Waals surface area contributed by atoms with Crippen LogP contribution >= 0.6 is 11.8 Å². The molecule has 1 aromatic heterocycles. The molecule has 0 saturated heterocycles. The van der Waals surface area contributed by atoms with E-state index in [9.17, 15) is 18.0 Å². The lowest BCUT2D eigenvalue weighted by atomic mass is 10.3. The number of nitrogens with one attached hydrogen (secondary N) is 2. The fourth-order valence-corrected chi connectivity index (χ4v) is 2.38. The van der Waals surface area contributed by atoms with E-state index in [-0.39, 0.29) is 10.6 Å². The van der Waals surface area contributed by atoms with Gasteiger partial charge >= 0.3 is 12.2 Å². The van der Waals surface area contributed by atoms with E-state index in [1.54, 1.807) is 11.8 Å². The van der Waals surface area contributed by atoms with Crippen molar-refractivity contribution in [3.8, 4) is 0 Å². The second-order valence-corrected chi connectivity index (χ2v) is 5.87. The summed E-state index contributed by atoms with van der Waals surface area (Å²) in [5, 5.41) is 4.96. The van der Waals surface area contributed by atoms with Crippen LogP contribution in [0.3, 0.4) is 0 Å². The largest absolute Gasteiger partial charge is 0.433 e. The van der Waals surface area contributed by atoms with Gasteiger partial charge in [0, 0.05) is 11.3 Å². The lowest BCUT2D eigenvalue weighted by Crippen LogP contribution is -2.35. The average Bonchev–Trinajstić information content (AvgIpc) is 3.16. The average molecular weight is 305 g/mol. The normalized spacial score (nSPS) is 16.6. The monoisotopic (exact) mass is 305 g/mol. The summed E-state index contributed by atoms with van der Waals surface area (Å²) in [4.78, 5) is 15.0. The Labute approximate surface area is 118 Å². The number of rotatable bonds is 4. The van der Waals surface area contributed by atoms with E-state index in [1.807, 2.05) is 6.26 Å². The van der Waals surface area contributed by atoms with Gasteiger partial charge in [0.15, 0.2) is 0 Å². The van der Waals surface area contributed by atoms with Gasteiger partial charge < -0.3 is 5.32 Å². The Morgan fingerprint density at radius 2 is 2.15 bits per heavy atom. The zero-order valence-electron chi connectivity index (χ0n) is 10.8. The molecule has 0 bridgehead atoms. The van der Waals surface area contributed by atoms with Gasteiger partial charge in [-0.3, -0.25) is 5.32 Å². The molecule has 2 N–H and O–H groups in total. The van der Waals surface area contributed by atoms with Crippen LogP contribution in [0, 0.1) is 0 Å². The molecule has 0 spiro atoms. The standard InChI is InChI=1S/C12H14F3N3OS/c1-20-11(5-6-11)7-16-10(19)18-9-4-2-3-8(17-9)12(13,14)15/h2-4H,5-7H2,1H3,(H2,16,17,18,19). The maximum atomic E-state index is 12.5. The van der Waals surface area contributed by atoms with Crippen LogP contribution in [0.2, 0.25) is 0 Å². The summed E-state index contributed by atoms with van der Waals surface area (Å²) in [6, 6.07) is 2.83. The third-order valence-electron chi connectivity index (χ3n) is 3.09. The maximum Gasteiger partial charge on any atom is 0.433 e. The number of alkyl halides is 3. The van der Waals surface area contributed by atoms with Gasteiger partial charge in [-0.05, 0) is 31.2 Å². The van der Waals surface area contributed by atoms with Crippen molar-refractivity contribution in [2.75, 3.05) is 18.1 Å². The number of nitrogens with zero attached hydrogens (tertiary/aromatic N) is 1. The number of hydrogen-bond donors (Lipinski definition) is 2. The molecule has 0 aliphatic heterocycles. The minimum absolute atomic E-state index is 0.0958. The predicted octanol–water partition coefficient (Wildman–Crippen LogP) is 3.12. The molecule has 1 aliphatic rings. The molecule has 0 unspecified atom stereocenters. The number of urea groups is 1. The fourth-order valence-electron chi connectivity index (χ4n) is 1.66. The minimum Gasteiger partial charge on any atom is -0.336 e. The van der Waals surface area contributed by atoms with Crippen molar-refractivity contribution >= 4 is 23.6 Å². The molecule has 1 fully saturated rings. The zero-order chi connectivity index (χ0) is 14.8. The van der Waals surface area contributed by atoms with Crippen LogP contribution in [0.15, 0.2) is 18.2 Å². The first-order valence-corrected chi connectivity index (χ1v) is 7.21. The smallest absolute Gasteiger partial charge is 0.336 e. The van der Waals surface area contributed by atoms with Crippen molar-refractivity contribution in [1.29, 1.82) is 0 Å². The molecule has 1 aliphatic carbocycles. The quantitative estimate of drug-likeness (QED) is 0.898. The number of amides is 2. The topological polar surface area (TPSA) is 54.0 Å². The number of anilines is 1. The van der Waals surface area contributed by atoms with Gasteiger partial charge in [-0.1, -0.05) is 6.07 Å². The summed E-state index contributed by atoms with van der Waals surface area (Å²) in [5.74, 6) is -0.119. The van der Waals surface area contributed by atoms with Crippen molar-refractivity contribution in [3.63, 3.8) is 0 Å². The summed E-state index contributed by atoms with van der Waals surface area (Å²) in [5.41, 5.74) is -1.03. The van der Waals surface area contributed by atoms with E-state index in [0.717, 1.165) is 18.9 Å². The summed E-state index contributed by atoms with van der Waals surface area (Å²) < 4.78 is 37.5. The predicted molar refractivity (Wildman–Crippen MR) is 71.7 cm³/mol. The SMILES string of the molecule is CSC1(CNC(=O)Nc2cccc(C(F)(F)F)n2)CC1. The summed E-state index contributed by atoms with van der Waals surface area (Å²) in [6.45, 7) is 0.499. The summed E-state index contributed by atoms with van der Waals surface area (Å²) >= 11 is 1.69. The van der Waals surface area contributed by atoms with E-state index in [2.05, 4.69) is 15.6 Å². The van der Waals surface area contributed by atoms with Crippen LogP contribution in [-0.2, 0) is 6.18 Å². The van der Waals surface area contributed by atoms with Crippen LogP contribution < -0.4 is 10.6 Å². The molecule has 0 radical (unpaired) electrons. The van der Waals surface area contributed by atoms with Gasteiger partial charge in [0.1, 0.15) is 11.5 Å². The lowest BCUT2D eigenvalue weighted by molar-refractivity contribution is -0.141. The molecule has 8 heteroatoms. The first-order valence-electron chi connectivity index (χ1n) is 5.99. The number of halogens is 3. The number of pyridine rings is 1. The molecule has 0 aromatic carbocycles. The molecular formula is C12H14F3N3OS. The van der Waals surface area contributed by atoms with Crippen LogP contribution in [-0.4, -0.2) is 28.6 Å². The first kappa shape index (κ1) is 15.0. The van der Waals surface area contributed by atoms with Crippen molar-refractivity contribution in [2.24, 2.45) is 0 Å². The molecular weight excluding hydrogens is 291 g/mol. The fraction of sp³-hybridized carbons (Fsp3) is 0.500. The third kappa shape index (κ3) is 3.78. The highest BCUT2D eigenvalue weighted by Gasteiger charge is 2.42. The van der Waals surface area contributed by atoms with E-state index in [4.69, 9.17) is 0 Å². The Morgan fingerprint density at radius 1 is 1.45 bits per heavy atom. The van der Waals surface area contributed by atoms with Crippen LogP contribution in [0.4, 0.5) is 23.8 Å². The van der Waals surface area contributed by atoms with Gasteiger partial charge in [-0.2, -0.15) is 24.9 Å². The van der Waals surface area contributed by atoms with Gasteiger partial charge in [-0.25, -0.2) is 9.78 Å². The van der Waals surface area contributed by atoms with Crippen molar-refractivity contribution in [1.82, 2.24) is 10.3 Å². The Bertz CT molecular complexity index is 503. The van der Waals surface area contributed by atoms with Gasteiger partial charge in [-0.15, -0.1) is 0 Å². The van der Waals surface area contributed by atoms with Crippen molar-refractivity contribution in [3.05, 3.63) is 23.9 Å². The first-order chi connectivity index (χ1) is 9.35. The van der Waals surface area contributed by atoms with E-state index < -0.39 is 17.9 Å². The Hall–Kier alpha value is -1.44. The molecule has 1 saturated carbocycles. The number of carbonyl (C=O) groups is 1. The second kappa shape index (κ2) is 5.51. The molecule has 4 nitrogen and oxygen atoms in total. The van der Waals surface area contributed by atoms with Crippen LogP contribution in [0.5, 0.6) is 0 Å². The highest BCUT2D eigenvalue weighted by atomic mass is 32.2. The van der Waals surface area contributed by atoms with Crippen LogP contribution in [0.1, 0.15) is 18.5 Å².